The van der Waals surface area contributed by atoms with E-state index in [1.807, 2.05) is 7.05 Å². The van der Waals surface area contributed by atoms with Crippen LogP contribution >= 0.6 is 0 Å². The summed E-state index contributed by atoms with van der Waals surface area (Å²) in [5.41, 5.74) is -0.340. The van der Waals surface area contributed by atoms with Crippen molar-refractivity contribution in [2.45, 2.75) is 115 Å². The monoisotopic (exact) mass is 297 g/mol. The van der Waals surface area contributed by atoms with Gasteiger partial charge in [-0.05, 0) is 39.2 Å². The lowest BCUT2D eigenvalue weighted by Gasteiger charge is -2.36. The SMILES string of the molecule is CCCCCCCCCCCCC1(O)CCC(NC)CC1. The molecule has 2 N–H and O–H groups in total. The maximum Gasteiger partial charge on any atom is 0.0649 e. The third-order valence-corrected chi connectivity index (χ3v) is 5.32. The second kappa shape index (κ2) is 11.5. The highest BCUT2D eigenvalue weighted by Gasteiger charge is 2.31. The van der Waals surface area contributed by atoms with E-state index in [0.29, 0.717) is 6.04 Å². The largest absolute Gasteiger partial charge is 0.390 e. The standard InChI is InChI=1S/C19H39NO/c1-3-4-5-6-7-8-9-10-11-12-15-19(21)16-13-18(20-2)14-17-19/h18,20-21H,3-17H2,1-2H3. The molecule has 21 heavy (non-hydrogen) atoms. The van der Waals surface area contributed by atoms with Crippen LogP contribution < -0.4 is 5.32 Å². The highest BCUT2D eigenvalue weighted by atomic mass is 16.3. The Bertz CT molecular complexity index is 234. The lowest BCUT2D eigenvalue weighted by atomic mass is 9.79. The number of hydrogen-bond acceptors (Lipinski definition) is 2. The van der Waals surface area contributed by atoms with Gasteiger partial charge in [-0.1, -0.05) is 71.1 Å². The summed E-state index contributed by atoms with van der Waals surface area (Å²) in [6.07, 6.45) is 19.1. The minimum Gasteiger partial charge on any atom is -0.390 e. The Hall–Kier alpha value is -0.0800. The molecule has 0 bridgehead atoms. The van der Waals surface area contributed by atoms with E-state index >= 15 is 0 Å². The molecule has 0 aromatic rings. The molecule has 0 heterocycles. The molecule has 0 amide bonds. The third kappa shape index (κ3) is 8.83. The van der Waals surface area contributed by atoms with Crippen LogP contribution in [0.15, 0.2) is 0 Å². The van der Waals surface area contributed by atoms with Gasteiger partial charge in [0, 0.05) is 6.04 Å². The van der Waals surface area contributed by atoms with Crippen molar-refractivity contribution in [2.75, 3.05) is 7.05 Å². The van der Waals surface area contributed by atoms with Gasteiger partial charge in [-0.2, -0.15) is 0 Å². The number of aliphatic hydroxyl groups is 1. The Balaban J connectivity index is 1.90. The van der Waals surface area contributed by atoms with Crippen LogP contribution in [0.5, 0.6) is 0 Å². The first kappa shape index (κ1) is 19.0. The Morgan fingerprint density at radius 2 is 1.33 bits per heavy atom. The van der Waals surface area contributed by atoms with Gasteiger partial charge in [-0.3, -0.25) is 0 Å². The lowest BCUT2D eigenvalue weighted by Crippen LogP contribution is -2.40. The highest BCUT2D eigenvalue weighted by Crippen LogP contribution is 2.32. The zero-order valence-corrected chi connectivity index (χ0v) is 14.6. The highest BCUT2D eigenvalue weighted by molar-refractivity contribution is 4.87. The summed E-state index contributed by atoms with van der Waals surface area (Å²) in [5.74, 6) is 0. The molecule has 1 saturated carbocycles. The number of nitrogens with one attached hydrogen (secondary N) is 1. The van der Waals surface area contributed by atoms with Gasteiger partial charge in [0.1, 0.15) is 0 Å². The van der Waals surface area contributed by atoms with Gasteiger partial charge >= 0.3 is 0 Å². The van der Waals surface area contributed by atoms with Crippen LogP contribution in [0.3, 0.4) is 0 Å². The summed E-state index contributed by atoms with van der Waals surface area (Å²) in [6.45, 7) is 2.28. The molecule has 2 heteroatoms. The summed E-state index contributed by atoms with van der Waals surface area (Å²) in [7, 11) is 2.04. The van der Waals surface area contributed by atoms with Crippen molar-refractivity contribution in [3.8, 4) is 0 Å². The fourth-order valence-corrected chi connectivity index (χ4v) is 3.64. The maximum absolute atomic E-state index is 10.6. The third-order valence-electron chi connectivity index (χ3n) is 5.32. The van der Waals surface area contributed by atoms with Gasteiger partial charge in [0.25, 0.3) is 0 Å². The predicted molar refractivity (Wildman–Crippen MR) is 92.7 cm³/mol. The van der Waals surface area contributed by atoms with Gasteiger partial charge in [0.05, 0.1) is 5.60 Å². The van der Waals surface area contributed by atoms with Crippen molar-refractivity contribution < 1.29 is 5.11 Å². The van der Waals surface area contributed by atoms with Crippen molar-refractivity contribution in [3.63, 3.8) is 0 Å². The van der Waals surface area contributed by atoms with Crippen LogP contribution in [0.2, 0.25) is 0 Å². The van der Waals surface area contributed by atoms with Crippen LogP contribution in [-0.2, 0) is 0 Å². The van der Waals surface area contributed by atoms with E-state index < -0.39 is 0 Å². The van der Waals surface area contributed by atoms with Crippen LogP contribution in [0, 0.1) is 0 Å². The minimum atomic E-state index is -0.340. The van der Waals surface area contributed by atoms with Crippen LogP contribution in [0.1, 0.15) is 103 Å². The van der Waals surface area contributed by atoms with Crippen molar-refractivity contribution in [1.29, 1.82) is 0 Å². The van der Waals surface area contributed by atoms with Crippen LogP contribution in [0.25, 0.3) is 0 Å². The normalized spacial score (nSPS) is 26.1. The summed E-state index contributed by atoms with van der Waals surface area (Å²) in [5, 5.41) is 13.9. The Morgan fingerprint density at radius 3 is 1.81 bits per heavy atom. The number of unbranched alkanes of at least 4 members (excludes halogenated alkanes) is 9. The van der Waals surface area contributed by atoms with E-state index in [1.165, 1.54) is 64.2 Å². The van der Waals surface area contributed by atoms with Crippen molar-refractivity contribution in [3.05, 3.63) is 0 Å². The molecule has 1 rings (SSSR count). The van der Waals surface area contributed by atoms with E-state index in [2.05, 4.69) is 12.2 Å². The zero-order valence-electron chi connectivity index (χ0n) is 14.6. The first-order valence-corrected chi connectivity index (χ1v) is 9.60. The summed E-state index contributed by atoms with van der Waals surface area (Å²) in [6, 6.07) is 0.637. The smallest absolute Gasteiger partial charge is 0.0649 e. The molecule has 0 aromatic carbocycles. The van der Waals surface area contributed by atoms with Gasteiger partial charge in [0.15, 0.2) is 0 Å². The summed E-state index contributed by atoms with van der Waals surface area (Å²) in [4.78, 5) is 0. The van der Waals surface area contributed by atoms with E-state index in [1.54, 1.807) is 0 Å². The van der Waals surface area contributed by atoms with E-state index in [9.17, 15) is 5.11 Å². The average molecular weight is 298 g/mol. The van der Waals surface area contributed by atoms with E-state index in [-0.39, 0.29) is 5.60 Å². The zero-order chi connectivity index (χ0) is 15.4. The second-order valence-electron chi connectivity index (χ2n) is 7.22. The van der Waals surface area contributed by atoms with Gasteiger partial charge in [-0.25, -0.2) is 0 Å². The van der Waals surface area contributed by atoms with Gasteiger partial charge in [-0.15, -0.1) is 0 Å². The molecule has 1 aliphatic carbocycles. The quantitative estimate of drug-likeness (QED) is 0.486. The van der Waals surface area contributed by atoms with E-state index in [0.717, 1.165) is 32.1 Å². The molecule has 0 aliphatic heterocycles. The topological polar surface area (TPSA) is 32.3 Å². The molecular formula is C19H39NO. The number of rotatable bonds is 12. The first-order chi connectivity index (χ1) is 10.2. The maximum atomic E-state index is 10.6. The van der Waals surface area contributed by atoms with Gasteiger partial charge < -0.3 is 10.4 Å². The summed E-state index contributed by atoms with van der Waals surface area (Å²) < 4.78 is 0. The fraction of sp³-hybridized carbons (Fsp3) is 1.00. The average Bonchev–Trinajstić information content (AvgIpc) is 2.50. The van der Waals surface area contributed by atoms with Crippen molar-refractivity contribution in [2.24, 2.45) is 0 Å². The predicted octanol–water partition coefficient (Wildman–Crippen LogP) is 5.19. The molecule has 2 nitrogen and oxygen atoms in total. The molecule has 0 aromatic heterocycles. The molecule has 1 aliphatic rings. The van der Waals surface area contributed by atoms with Crippen LogP contribution in [-0.4, -0.2) is 23.8 Å². The number of hydrogen-bond donors (Lipinski definition) is 2. The molecule has 0 radical (unpaired) electrons. The molecule has 126 valence electrons. The Kier molecular flexibility index (Phi) is 10.4. The lowest BCUT2D eigenvalue weighted by molar-refractivity contribution is -0.0124. The first-order valence-electron chi connectivity index (χ1n) is 9.60. The minimum absolute atomic E-state index is 0.340. The Morgan fingerprint density at radius 1 is 0.857 bits per heavy atom. The molecule has 0 spiro atoms. The summed E-state index contributed by atoms with van der Waals surface area (Å²) >= 11 is 0. The van der Waals surface area contributed by atoms with Gasteiger partial charge in [0.2, 0.25) is 0 Å². The van der Waals surface area contributed by atoms with Crippen molar-refractivity contribution in [1.82, 2.24) is 5.32 Å². The van der Waals surface area contributed by atoms with E-state index in [4.69, 9.17) is 0 Å². The molecule has 0 saturated heterocycles. The molecule has 0 atom stereocenters. The van der Waals surface area contributed by atoms with Crippen molar-refractivity contribution >= 4 is 0 Å². The molecular weight excluding hydrogens is 258 g/mol. The fourth-order valence-electron chi connectivity index (χ4n) is 3.64. The Labute approximate surface area is 133 Å². The van der Waals surface area contributed by atoms with Crippen LogP contribution in [0.4, 0.5) is 0 Å². The molecule has 1 fully saturated rings. The second-order valence-corrected chi connectivity index (χ2v) is 7.22. The molecule has 0 unspecified atom stereocenters.